The van der Waals surface area contributed by atoms with Crippen LogP contribution in [0.15, 0.2) is 42.6 Å². The van der Waals surface area contributed by atoms with Crippen LogP contribution in [0, 0.1) is 15.9 Å². The van der Waals surface area contributed by atoms with Gasteiger partial charge in [-0.3, -0.25) is 15.0 Å². The van der Waals surface area contributed by atoms with Gasteiger partial charge in [-0.2, -0.15) is 0 Å². The second-order valence-corrected chi connectivity index (χ2v) is 4.15. The summed E-state index contributed by atoms with van der Waals surface area (Å²) in [5.41, 5.74) is 0.732. The van der Waals surface area contributed by atoms with Gasteiger partial charge in [-0.25, -0.2) is 9.37 Å². The van der Waals surface area contributed by atoms with E-state index < -0.39 is 4.92 Å². The number of nitrogens with one attached hydrogen (secondary N) is 1. The Kier molecular flexibility index (Phi) is 3.70. The summed E-state index contributed by atoms with van der Waals surface area (Å²) in [5, 5.41) is 10.9. The normalized spacial score (nSPS) is 10.2. The number of aromatic nitrogens is 1. The zero-order valence-corrected chi connectivity index (χ0v) is 10.3. The van der Waals surface area contributed by atoms with Crippen molar-refractivity contribution in [2.45, 2.75) is 6.54 Å². The van der Waals surface area contributed by atoms with Gasteiger partial charge in [0.25, 0.3) is 0 Å². The van der Waals surface area contributed by atoms with E-state index in [-0.39, 0.29) is 11.5 Å². The van der Waals surface area contributed by atoms with Crippen LogP contribution in [-0.2, 0) is 6.54 Å². The number of hydrogen-bond donors (Lipinski definition) is 0. The van der Waals surface area contributed by atoms with E-state index in [9.17, 15) is 14.5 Å². The quantitative estimate of drug-likeness (QED) is 0.626. The first-order valence-electron chi connectivity index (χ1n) is 5.68. The molecule has 0 atom stereocenters. The summed E-state index contributed by atoms with van der Waals surface area (Å²) in [4.78, 5) is 15.0. The molecule has 0 aliphatic rings. The van der Waals surface area contributed by atoms with E-state index in [1.807, 2.05) is 0 Å². The summed E-state index contributed by atoms with van der Waals surface area (Å²) in [5.74, 6) is 0.0641. The maximum Gasteiger partial charge on any atom is 0.357 e. The van der Waals surface area contributed by atoms with Crippen molar-refractivity contribution in [3.63, 3.8) is 0 Å². The summed E-state index contributed by atoms with van der Waals surface area (Å²) >= 11 is 0. The molecule has 0 saturated heterocycles. The molecule has 0 amide bonds. The number of benzene rings is 1. The van der Waals surface area contributed by atoms with Crippen LogP contribution >= 0.6 is 0 Å². The molecule has 1 heterocycles. The molecule has 0 unspecified atom stereocenters. The highest BCUT2D eigenvalue weighted by molar-refractivity contribution is 5.52. The average molecular weight is 262 g/mol. The van der Waals surface area contributed by atoms with Crippen molar-refractivity contribution in [3.8, 4) is 0 Å². The van der Waals surface area contributed by atoms with E-state index in [1.54, 1.807) is 36.3 Å². The van der Waals surface area contributed by atoms with Crippen molar-refractivity contribution >= 4 is 11.5 Å². The van der Waals surface area contributed by atoms with Crippen molar-refractivity contribution in [2.75, 3.05) is 11.9 Å². The highest BCUT2D eigenvalue weighted by atomic mass is 19.1. The topological polar surface area (TPSA) is 60.5 Å². The van der Waals surface area contributed by atoms with Crippen LogP contribution in [-0.4, -0.2) is 12.0 Å². The number of halogens is 1. The van der Waals surface area contributed by atoms with Gasteiger partial charge < -0.3 is 0 Å². The molecule has 2 aromatic rings. The van der Waals surface area contributed by atoms with Crippen LogP contribution in [0.1, 0.15) is 5.56 Å². The number of hydrogen-bond acceptors (Lipinski definition) is 3. The fourth-order valence-electron chi connectivity index (χ4n) is 1.86. The van der Waals surface area contributed by atoms with Crippen molar-refractivity contribution in [3.05, 3.63) is 64.1 Å². The summed E-state index contributed by atoms with van der Waals surface area (Å²) in [7, 11) is 1.71. The Labute approximate surface area is 109 Å². The lowest BCUT2D eigenvalue weighted by Crippen LogP contribution is -2.25. The second kappa shape index (κ2) is 5.43. The maximum atomic E-state index is 13.1. The Bertz CT molecular complexity index is 604. The van der Waals surface area contributed by atoms with Gasteiger partial charge >= 0.3 is 11.5 Å². The molecule has 0 bridgehead atoms. The molecule has 0 aliphatic carbocycles. The summed E-state index contributed by atoms with van der Waals surface area (Å²) in [6.07, 6.45) is 1.62. The number of aromatic amines is 1. The lowest BCUT2D eigenvalue weighted by atomic mass is 10.2. The summed E-state index contributed by atoms with van der Waals surface area (Å²) in [6.45, 7) is 0.374. The smallest absolute Gasteiger partial charge is 0.258 e. The van der Waals surface area contributed by atoms with E-state index in [0.29, 0.717) is 12.4 Å². The van der Waals surface area contributed by atoms with E-state index in [0.717, 1.165) is 5.56 Å². The van der Waals surface area contributed by atoms with Gasteiger partial charge in [0, 0.05) is 6.07 Å². The van der Waals surface area contributed by atoms with Gasteiger partial charge in [-0.1, -0.05) is 12.1 Å². The van der Waals surface area contributed by atoms with Crippen molar-refractivity contribution < 1.29 is 14.3 Å². The minimum Gasteiger partial charge on any atom is -0.258 e. The first kappa shape index (κ1) is 12.9. The fraction of sp³-hybridized carbons (Fsp3) is 0.154. The lowest BCUT2D eigenvalue weighted by Gasteiger charge is -2.10. The lowest BCUT2D eigenvalue weighted by molar-refractivity contribution is -0.411. The van der Waals surface area contributed by atoms with Crippen molar-refractivity contribution in [2.24, 2.45) is 0 Å². The van der Waals surface area contributed by atoms with Gasteiger partial charge in [0.05, 0.1) is 18.2 Å². The molecule has 0 fully saturated rings. The van der Waals surface area contributed by atoms with Crippen LogP contribution in [0.5, 0.6) is 0 Å². The fourth-order valence-corrected chi connectivity index (χ4v) is 1.86. The number of pyridine rings is 1. The third-order valence-electron chi connectivity index (χ3n) is 2.70. The van der Waals surface area contributed by atoms with Gasteiger partial charge in [0.2, 0.25) is 0 Å². The zero-order valence-electron chi connectivity index (χ0n) is 10.3. The molecule has 1 N–H and O–H groups in total. The molecule has 0 aliphatic heterocycles. The summed E-state index contributed by atoms with van der Waals surface area (Å²) < 4.78 is 13.1. The molecule has 0 saturated carbocycles. The van der Waals surface area contributed by atoms with Crippen LogP contribution in [0.4, 0.5) is 15.9 Å². The molecule has 0 spiro atoms. The second-order valence-electron chi connectivity index (χ2n) is 4.15. The number of anilines is 1. The third kappa shape index (κ3) is 3.04. The standard InChI is InChI=1S/C13H12FN3O2/c1-16(9-10-4-2-5-11(14)8-10)13-12(17(18)19)6-3-7-15-13/h2-8H,9H2,1H3/p+1. The van der Waals surface area contributed by atoms with Crippen molar-refractivity contribution in [1.82, 2.24) is 0 Å². The van der Waals surface area contributed by atoms with Gasteiger partial charge in [0.1, 0.15) is 12.4 Å². The van der Waals surface area contributed by atoms with Gasteiger partial charge in [-0.05, 0) is 23.8 Å². The number of nitrogens with zero attached hydrogens (tertiary/aromatic N) is 2. The summed E-state index contributed by atoms with van der Waals surface area (Å²) in [6, 6.07) is 9.15. The molecule has 1 aromatic heterocycles. The van der Waals surface area contributed by atoms with Crippen LogP contribution < -0.4 is 9.88 Å². The number of H-pyrrole nitrogens is 1. The first-order valence-corrected chi connectivity index (χ1v) is 5.68. The Hall–Kier alpha value is -2.50. The van der Waals surface area contributed by atoms with Crippen molar-refractivity contribution in [1.29, 1.82) is 0 Å². The van der Waals surface area contributed by atoms with E-state index in [1.165, 1.54) is 18.2 Å². The maximum absolute atomic E-state index is 13.1. The number of rotatable bonds is 4. The van der Waals surface area contributed by atoms with Gasteiger partial charge in [0.15, 0.2) is 0 Å². The molecule has 98 valence electrons. The zero-order chi connectivity index (χ0) is 13.8. The first-order chi connectivity index (χ1) is 9.08. The Morgan fingerprint density at radius 2 is 2.16 bits per heavy atom. The minimum absolute atomic E-state index is 0.0126. The van der Waals surface area contributed by atoms with Crippen LogP contribution in [0.2, 0.25) is 0 Å². The van der Waals surface area contributed by atoms with Crippen LogP contribution in [0.3, 0.4) is 0 Å². The molecule has 2 rings (SSSR count). The minimum atomic E-state index is -0.450. The Morgan fingerprint density at radius 3 is 2.84 bits per heavy atom. The monoisotopic (exact) mass is 262 g/mol. The molecule has 5 nitrogen and oxygen atoms in total. The third-order valence-corrected chi connectivity index (χ3v) is 2.70. The molecular formula is C13H13FN3O2+. The largest absolute Gasteiger partial charge is 0.357 e. The van der Waals surface area contributed by atoms with Gasteiger partial charge in [-0.15, -0.1) is 0 Å². The molecule has 19 heavy (non-hydrogen) atoms. The predicted molar refractivity (Wildman–Crippen MR) is 68.2 cm³/mol. The Balaban J connectivity index is 2.25. The molecular weight excluding hydrogens is 249 g/mol. The highest BCUT2D eigenvalue weighted by Gasteiger charge is 2.24. The SMILES string of the molecule is CN(Cc1cccc(F)c1)c1[nH+]cccc1[N+](=O)[O-]. The van der Waals surface area contributed by atoms with E-state index in [4.69, 9.17) is 0 Å². The molecule has 0 radical (unpaired) electrons. The van der Waals surface area contributed by atoms with E-state index >= 15 is 0 Å². The van der Waals surface area contributed by atoms with Crippen LogP contribution in [0.25, 0.3) is 0 Å². The highest BCUT2D eigenvalue weighted by Crippen LogP contribution is 2.22. The number of nitro groups is 1. The predicted octanol–water partition coefficient (Wildman–Crippen LogP) is 2.18. The van der Waals surface area contributed by atoms with E-state index in [2.05, 4.69) is 4.98 Å². The Morgan fingerprint density at radius 1 is 1.37 bits per heavy atom. The molecule has 6 heteroatoms. The molecule has 1 aromatic carbocycles. The average Bonchev–Trinajstić information content (AvgIpc) is 2.38.